The van der Waals surface area contributed by atoms with Gasteiger partial charge in [0.1, 0.15) is 0 Å². The second-order valence-electron chi connectivity index (χ2n) is 23.1. The number of rotatable bonds is 11. The summed E-state index contributed by atoms with van der Waals surface area (Å²) in [5.41, 5.74) is 10.7. The molecule has 0 saturated heterocycles. The lowest BCUT2D eigenvalue weighted by molar-refractivity contribution is 1.17. The number of fused-ring (bicyclic) bond motifs is 9. The van der Waals surface area contributed by atoms with Gasteiger partial charge in [0, 0.05) is 60.0 Å². The molecule has 0 amide bonds. The van der Waals surface area contributed by atoms with Gasteiger partial charge in [0.15, 0.2) is 16.1 Å². The maximum absolute atomic E-state index is 4.51. The Hall–Kier alpha value is -10.7. The molecule has 0 fully saturated rings. The summed E-state index contributed by atoms with van der Waals surface area (Å²) in [6.07, 6.45) is 3.86. The fraction of sp³-hybridized carbons (Fsp3) is 0. The molecule has 0 unspecified atom stereocenters. The Balaban J connectivity index is 0.000000150. The van der Waals surface area contributed by atoms with Crippen LogP contribution in [-0.4, -0.2) is 34.8 Å². The van der Waals surface area contributed by atoms with Gasteiger partial charge in [-0.05, 0) is 126 Å². The third-order valence-electron chi connectivity index (χ3n) is 18.4. The van der Waals surface area contributed by atoms with Crippen LogP contribution in [0.4, 0.5) is 0 Å². The molecule has 4 aromatic heterocycles. The van der Waals surface area contributed by atoms with Crippen LogP contribution in [0.5, 0.6) is 0 Å². The Labute approximate surface area is 533 Å². The highest BCUT2D eigenvalue weighted by Gasteiger charge is 2.43. The van der Waals surface area contributed by atoms with Crippen molar-refractivity contribution in [1.29, 1.82) is 0 Å². The average molecular weight is 1250 g/mol. The lowest BCUT2D eigenvalue weighted by Gasteiger charge is -2.34. The van der Waals surface area contributed by atoms with Crippen molar-refractivity contribution in [2.45, 2.75) is 0 Å². The molecule has 0 spiro atoms. The molecule has 17 aromatic rings. The van der Waals surface area contributed by atoms with E-state index in [0.717, 1.165) is 21.4 Å². The molecule has 0 aliphatic rings. The van der Waals surface area contributed by atoms with Crippen LogP contribution in [0.2, 0.25) is 0 Å². The summed E-state index contributed by atoms with van der Waals surface area (Å²) < 4.78 is 8.23. The van der Waals surface area contributed by atoms with Gasteiger partial charge in [-0.15, -0.1) is 0 Å². The monoisotopic (exact) mass is 1250 g/mol. The smallest absolute Gasteiger partial charge is 0.179 e. The van der Waals surface area contributed by atoms with E-state index in [1.54, 1.807) is 0 Å². The molecule has 0 N–H and O–H groups in total. The van der Waals surface area contributed by atoms with E-state index in [4.69, 9.17) is 0 Å². The van der Waals surface area contributed by atoms with Gasteiger partial charge in [-0.1, -0.05) is 277 Å². The maximum Gasteiger partial charge on any atom is 0.179 e. The summed E-state index contributed by atoms with van der Waals surface area (Å²) in [6, 6.07) is 127. The van der Waals surface area contributed by atoms with Crippen LogP contribution >= 0.6 is 15.9 Å². The number of benzene rings is 13. The summed E-state index contributed by atoms with van der Waals surface area (Å²) >= 11 is 3.66. The van der Waals surface area contributed by atoms with Crippen molar-refractivity contribution in [1.82, 2.24) is 18.7 Å². The number of aromatic nitrogens is 4. The fourth-order valence-electron chi connectivity index (χ4n) is 14.5. The molecule has 0 aliphatic heterocycles. The highest BCUT2D eigenvalue weighted by atomic mass is 79.9. The quantitative estimate of drug-likeness (QED) is 0.0937. The van der Waals surface area contributed by atoms with Gasteiger partial charge < -0.3 is 13.7 Å². The van der Waals surface area contributed by atoms with Crippen LogP contribution in [0.3, 0.4) is 0 Å². The summed E-state index contributed by atoms with van der Waals surface area (Å²) in [4.78, 5) is 4.51. The summed E-state index contributed by atoms with van der Waals surface area (Å²) in [6.45, 7) is 0. The summed E-state index contributed by atoms with van der Waals surface area (Å²) in [5, 5.41) is 18.4. The molecule has 0 saturated carbocycles. The van der Waals surface area contributed by atoms with E-state index in [2.05, 4.69) is 380 Å². The first-order chi connectivity index (χ1) is 44.6. The molecule has 4 heterocycles. The van der Waals surface area contributed by atoms with Gasteiger partial charge in [-0.2, -0.15) is 0 Å². The standard InChI is InChI=1S/C47H33N3Si.C36H26BrNSi/c1-3-13-36(14-4-1)51(37-15-5-2-6-16-37,38-27-23-34(24-28-38)49-44-20-10-7-17-40(44)41-18-8-11-21-45(41)49)39-29-25-35(26-30-39)50-46-22-12-9-19-42(46)43-31-32-48-33-47(43)50;37-27-19-23-31(24-20-27)39(29-11-3-1-4-12-29,30-13-5-2-6-14-30)32-25-21-28(22-26-32)38-35-17-9-7-15-33(35)34-16-8-10-18-36(34)38/h1-33H;1-26H. The molecule has 7 heteroatoms. The van der Waals surface area contributed by atoms with Crippen LogP contribution in [-0.2, 0) is 0 Å². The topological polar surface area (TPSA) is 27.7 Å². The largest absolute Gasteiger partial charge is 0.309 e. The van der Waals surface area contributed by atoms with Gasteiger partial charge in [-0.25, -0.2) is 0 Å². The molecule has 0 radical (unpaired) electrons. The molecular formula is C83H59BrN4Si2. The Morgan fingerprint density at radius 3 is 0.722 bits per heavy atom. The number of hydrogen-bond acceptors (Lipinski definition) is 1. The van der Waals surface area contributed by atoms with Crippen LogP contribution in [0.15, 0.2) is 363 Å². The third kappa shape index (κ3) is 9.03. The first kappa shape index (κ1) is 54.7. The van der Waals surface area contributed by atoms with Gasteiger partial charge >= 0.3 is 0 Å². The van der Waals surface area contributed by atoms with E-state index in [9.17, 15) is 0 Å². The van der Waals surface area contributed by atoms with Crippen LogP contribution in [0.25, 0.3) is 82.5 Å². The van der Waals surface area contributed by atoms with Crippen molar-refractivity contribution in [3.8, 4) is 17.1 Å². The van der Waals surface area contributed by atoms with Crippen LogP contribution in [0, 0.1) is 0 Å². The minimum Gasteiger partial charge on any atom is -0.309 e. The minimum absolute atomic E-state index is 1.09. The minimum atomic E-state index is -2.76. The molecular weight excluding hydrogens is 1190 g/mol. The molecule has 426 valence electrons. The lowest BCUT2D eigenvalue weighted by Crippen LogP contribution is -2.74. The Kier molecular flexibility index (Phi) is 14.0. The Morgan fingerprint density at radius 2 is 0.433 bits per heavy atom. The molecule has 0 bridgehead atoms. The van der Waals surface area contributed by atoms with Crippen molar-refractivity contribution < 1.29 is 0 Å². The Bertz CT molecular complexity index is 5000. The normalized spacial score (nSPS) is 11.8. The zero-order valence-electron chi connectivity index (χ0n) is 49.2. The van der Waals surface area contributed by atoms with Gasteiger partial charge in [0.05, 0.1) is 39.3 Å². The molecule has 4 nitrogen and oxygen atoms in total. The van der Waals surface area contributed by atoms with Gasteiger partial charge in [0.25, 0.3) is 0 Å². The van der Waals surface area contributed by atoms with Crippen molar-refractivity contribution in [3.63, 3.8) is 0 Å². The predicted octanol–water partition coefficient (Wildman–Crippen LogP) is 15.6. The van der Waals surface area contributed by atoms with E-state index in [0.29, 0.717) is 0 Å². The Morgan fingerprint density at radius 1 is 0.211 bits per heavy atom. The van der Waals surface area contributed by atoms with E-state index >= 15 is 0 Å². The van der Waals surface area contributed by atoms with Crippen molar-refractivity contribution in [2.75, 3.05) is 0 Å². The lowest BCUT2D eigenvalue weighted by atomic mass is 10.2. The van der Waals surface area contributed by atoms with E-state index in [-0.39, 0.29) is 0 Å². The maximum atomic E-state index is 4.51. The molecule has 17 rings (SSSR count). The number of nitrogens with zero attached hydrogens (tertiary/aromatic N) is 4. The van der Waals surface area contributed by atoms with E-state index < -0.39 is 16.1 Å². The first-order valence-corrected chi connectivity index (χ1v) is 35.5. The second-order valence-corrected chi connectivity index (χ2v) is 31.6. The number of para-hydroxylation sites is 5. The SMILES string of the molecule is Brc1ccc([Si](c2ccccc2)(c2ccccc2)c2ccc(-n3c4ccccc4c4ccccc43)cc2)cc1.c1ccc([Si](c2ccccc2)(c2ccc(-n3c4ccccc4c4ccccc43)cc2)c2ccc(-n3c4ccccc4c4ccncc43)cc2)cc1. The van der Waals surface area contributed by atoms with Crippen molar-refractivity contribution in [2.24, 2.45) is 0 Å². The fourth-order valence-corrected chi connectivity index (χ4v) is 24.2. The van der Waals surface area contributed by atoms with Crippen molar-refractivity contribution >= 4 is 139 Å². The van der Waals surface area contributed by atoms with Crippen molar-refractivity contribution in [3.05, 3.63) is 363 Å². The predicted molar refractivity (Wildman–Crippen MR) is 389 cm³/mol. The third-order valence-corrected chi connectivity index (χ3v) is 28.5. The summed E-state index contributed by atoms with van der Waals surface area (Å²) in [5.74, 6) is 0. The second kappa shape index (κ2) is 23.1. The van der Waals surface area contributed by atoms with E-state index in [1.807, 2.05) is 12.4 Å². The number of hydrogen-bond donors (Lipinski definition) is 0. The average Bonchev–Trinajstić information content (AvgIpc) is 0.832. The summed E-state index contributed by atoms with van der Waals surface area (Å²) in [7, 11) is -5.33. The van der Waals surface area contributed by atoms with E-state index in [1.165, 1.54) is 107 Å². The molecule has 0 aliphatic carbocycles. The highest BCUT2D eigenvalue weighted by molar-refractivity contribution is 9.10. The van der Waals surface area contributed by atoms with Crippen LogP contribution in [0.1, 0.15) is 0 Å². The zero-order chi connectivity index (χ0) is 60.0. The highest BCUT2D eigenvalue weighted by Crippen LogP contribution is 2.35. The molecule has 0 atom stereocenters. The zero-order valence-corrected chi connectivity index (χ0v) is 52.8. The number of pyridine rings is 1. The molecule has 90 heavy (non-hydrogen) atoms. The first-order valence-electron chi connectivity index (χ1n) is 30.7. The number of halogens is 1. The van der Waals surface area contributed by atoms with Gasteiger partial charge in [-0.3, -0.25) is 4.98 Å². The van der Waals surface area contributed by atoms with Gasteiger partial charge in [0.2, 0.25) is 0 Å². The molecule has 13 aromatic carbocycles. The van der Waals surface area contributed by atoms with Crippen LogP contribution < -0.4 is 41.5 Å².